The van der Waals surface area contributed by atoms with Crippen molar-refractivity contribution in [2.45, 2.75) is 19.3 Å². The molecule has 5 rings (SSSR count). The van der Waals surface area contributed by atoms with Crippen LogP contribution in [0.5, 0.6) is 11.5 Å². The number of carbonyl (C=O) groups is 1. The maximum atomic E-state index is 12.1. The number of benzene rings is 2. The first-order valence-electron chi connectivity index (χ1n) is 9.47. The van der Waals surface area contributed by atoms with Crippen molar-refractivity contribution in [3.8, 4) is 11.5 Å². The second-order valence-corrected chi connectivity index (χ2v) is 7.18. The van der Waals surface area contributed by atoms with Gasteiger partial charge in [0, 0.05) is 5.39 Å². The minimum absolute atomic E-state index is 0.0187. The third kappa shape index (κ3) is 2.85. The number of hydrogen-bond donors (Lipinski definition) is 1. The number of aromatic carboxylic acids is 1. The summed E-state index contributed by atoms with van der Waals surface area (Å²) in [4.78, 5) is 27.9. The number of allylic oxidation sites excluding steroid dienone is 1. The van der Waals surface area contributed by atoms with Crippen molar-refractivity contribution in [1.29, 1.82) is 0 Å². The van der Waals surface area contributed by atoms with Crippen molar-refractivity contribution in [3.63, 3.8) is 0 Å². The van der Waals surface area contributed by atoms with Gasteiger partial charge in [-0.2, -0.15) is 0 Å². The molecule has 0 saturated carbocycles. The highest BCUT2D eigenvalue weighted by molar-refractivity contribution is 6.06. The fourth-order valence-electron chi connectivity index (χ4n) is 4.13. The molecule has 0 spiro atoms. The molecule has 150 valence electrons. The number of para-hydroxylation sites is 1. The molecule has 0 amide bonds. The van der Waals surface area contributed by atoms with Crippen LogP contribution in [0.1, 0.15) is 40.0 Å². The number of aromatic nitrogens is 1. The van der Waals surface area contributed by atoms with Gasteiger partial charge in [-0.3, -0.25) is 10.1 Å². The summed E-state index contributed by atoms with van der Waals surface area (Å²) in [5.74, 6) is -0.216. The lowest BCUT2D eigenvalue weighted by molar-refractivity contribution is -0.385. The first-order valence-corrected chi connectivity index (χ1v) is 9.47. The van der Waals surface area contributed by atoms with Gasteiger partial charge >= 0.3 is 5.97 Å². The van der Waals surface area contributed by atoms with E-state index in [1.807, 2.05) is 6.07 Å². The van der Waals surface area contributed by atoms with Crippen molar-refractivity contribution < 1.29 is 24.3 Å². The van der Waals surface area contributed by atoms with Crippen molar-refractivity contribution in [2.24, 2.45) is 0 Å². The smallest absolute Gasteiger partial charge is 0.336 e. The molecule has 3 aromatic rings. The predicted octanol–water partition coefficient (Wildman–Crippen LogP) is 4.45. The van der Waals surface area contributed by atoms with E-state index in [4.69, 9.17) is 14.5 Å². The Kier molecular flexibility index (Phi) is 4.13. The molecule has 8 heteroatoms. The lowest BCUT2D eigenvalue weighted by Crippen LogP contribution is -2.13. The molecule has 1 N–H and O–H groups in total. The van der Waals surface area contributed by atoms with Crippen LogP contribution in [0.15, 0.2) is 36.4 Å². The molecule has 1 aliphatic heterocycles. The van der Waals surface area contributed by atoms with Gasteiger partial charge in [0.1, 0.15) is 0 Å². The number of carboxylic acids is 1. The topological polar surface area (TPSA) is 112 Å². The van der Waals surface area contributed by atoms with E-state index in [0.717, 1.165) is 12.0 Å². The fraction of sp³-hybridized carbons (Fsp3) is 0.182. The number of fused-ring (bicyclic) bond motifs is 3. The van der Waals surface area contributed by atoms with Gasteiger partial charge in [-0.1, -0.05) is 18.2 Å². The van der Waals surface area contributed by atoms with Gasteiger partial charge in [0.05, 0.1) is 33.3 Å². The lowest BCUT2D eigenvalue weighted by Gasteiger charge is -2.21. The van der Waals surface area contributed by atoms with E-state index in [1.54, 1.807) is 30.3 Å². The molecule has 2 heterocycles. The Hall–Kier alpha value is -3.94. The molecule has 0 saturated heterocycles. The molecule has 0 fully saturated rings. The molecule has 2 aliphatic rings. The average molecular weight is 404 g/mol. The van der Waals surface area contributed by atoms with E-state index >= 15 is 0 Å². The Morgan fingerprint density at radius 1 is 1.17 bits per heavy atom. The van der Waals surface area contributed by atoms with Crippen LogP contribution in [-0.4, -0.2) is 27.8 Å². The molecule has 0 bridgehead atoms. The van der Waals surface area contributed by atoms with E-state index in [2.05, 4.69) is 0 Å². The molecule has 1 aliphatic carbocycles. The van der Waals surface area contributed by atoms with Gasteiger partial charge < -0.3 is 14.6 Å². The number of rotatable bonds is 3. The largest absolute Gasteiger partial charge is 0.478 e. The monoisotopic (exact) mass is 404 g/mol. The predicted molar refractivity (Wildman–Crippen MR) is 109 cm³/mol. The maximum absolute atomic E-state index is 12.1. The summed E-state index contributed by atoms with van der Waals surface area (Å²) in [6.45, 7) is 0.0187. The Bertz CT molecular complexity index is 1260. The standard InChI is InChI=1S/C22H16N2O6/c25-22(26)20-14-5-1-2-7-16(14)23-21-12(4-3-6-15(20)21)8-13-9-18-19(30-11-29-18)10-17(13)24(27)28/h1-2,5,7-10H,3-4,6,11H2,(H,25,26)/b12-8-. The van der Waals surface area contributed by atoms with Gasteiger partial charge in [-0.15, -0.1) is 0 Å². The zero-order valence-corrected chi connectivity index (χ0v) is 15.8. The molecule has 0 atom stereocenters. The molecular formula is C22H16N2O6. The second-order valence-electron chi connectivity index (χ2n) is 7.18. The number of ether oxygens (including phenoxy) is 2. The van der Waals surface area contributed by atoms with Crippen molar-refractivity contribution in [2.75, 3.05) is 6.79 Å². The number of nitrogens with zero attached hydrogens (tertiary/aromatic N) is 2. The van der Waals surface area contributed by atoms with Crippen LogP contribution in [0.25, 0.3) is 22.6 Å². The van der Waals surface area contributed by atoms with E-state index in [-0.39, 0.29) is 18.0 Å². The highest BCUT2D eigenvalue weighted by atomic mass is 16.7. The Morgan fingerprint density at radius 3 is 2.70 bits per heavy atom. The number of carboxylic acid groups (broad SMARTS) is 1. The molecule has 0 unspecified atom stereocenters. The quantitative estimate of drug-likeness (QED) is 0.507. The minimum atomic E-state index is -1.000. The molecule has 30 heavy (non-hydrogen) atoms. The summed E-state index contributed by atoms with van der Waals surface area (Å²) in [6, 6.07) is 10.1. The second kappa shape index (κ2) is 6.84. The molecular weight excluding hydrogens is 388 g/mol. The Balaban J connectivity index is 1.74. The van der Waals surface area contributed by atoms with Crippen LogP contribution in [-0.2, 0) is 6.42 Å². The Labute approximate surface area is 170 Å². The van der Waals surface area contributed by atoms with Crippen molar-refractivity contribution in [3.05, 3.63) is 68.9 Å². The normalized spacial score (nSPS) is 15.9. The minimum Gasteiger partial charge on any atom is -0.478 e. The number of nitro groups is 1. The molecule has 1 aromatic heterocycles. The zero-order valence-electron chi connectivity index (χ0n) is 15.8. The maximum Gasteiger partial charge on any atom is 0.336 e. The summed E-state index contributed by atoms with van der Waals surface area (Å²) in [7, 11) is 0. The van der Waals surface area contributed by atoms with Crippen LogP contribution in [0.3, 0.4) is 0 Å². The van der Waals surface area contributed by atoms with E-state index in [1.165, 1.54) is 6.07 Å². The van der Waals surface area contributed by atoms with E-state index in [0.29, 0.717) is 52.1 Å². The van der Waals surface area contributed by atoms with Gasteiger partial charge in [0.15, 0.2) is 11.5 Å². The van der Waals surface area contributed by atoms with Crippen LogP contribution in [0.4, 0.5) is 5.69 Å². The number of pyridine rings is 1. The first-order chi connectivity index (χ1) is 14.5. The van der Waals surface area contributed by atoms with Gasteiger partial charge in [0.25, 0.3) is 5.69 Å². The Morgan fingerprint density at radius 2 is 1.93 bits per heavy atom. The van der Waals surface area contributed by atoms with Gasteiger partial charge in [0.2, 0.25) is 6.79 Å². The highest BCUT2D eigenvalue weighted by Crippen LogP contribution is 2.41. The first kappa shape index (κ1) is 18.1. The van der Waals surface area contributed by atoms with Gasteiger partial charge in [-0.25, -0.2) is 9.78 Å². The third-order valence-electron chi connectivity index (χ3n) is 5.43. The van der Waals surface area contributed by atoms with Crippen LogP contribution in [0, 0.1) is 10.1 Å². The van der Waals surface area contributed by atoms with Crippen molar-refractivity contribution >= 4 is 34.2 Å². The lowest BCUT2D eigenvalue weighted by atomic mass is 9.86. The summed E-state index contributed by atoms with van der Waals surface area (Å²) in [5, 5.41) is 22.1. The number of hydrogen-bond acceptors (Lipinski definition) is 6. The van der Waals surface area contributed by atoms with Crippen LogP contribution >= 0.6 is 0 Å². The third-order valence-corrected chi connectivity index (χ3v) is 5.43. The van der Waals surface area contributed by atoms with Crippen molar-refractivity contribution in [1.82, 2.24) is 4.98 Å². The fourth-order valence-corrected chi connectivity index (χ4v) is 4.13. The molecule has 8 nitrogen and oxygen atoms in total. The highest BCUT2D eigenvalue weighted by Gasteiger charge is 2.27. The summed E-state index contributed by atoms with van der Waals surface area (Å²) in [5.41, 5.74) is 3.14. The molecule has 2 aromatic carbocycles. The summed E-state index contributed by atoms with van der Waals surface area (Å²) >= 11 is 0. The van der Waals surface area contributed by atoms with Crippen LogP contribution < -0.4 is 9.47 Å². The summed E-state index contributed by atoms with van der Waals surface area (Å²) < 4.78 is 10.6. The SMILES string of the molecule is O=C(O)c1c2c(nc3ccccc13)/C(=C\c1cc3c(cc1[N+](=O)[O-])OCO3)CCC2. The van der Waals surface area contributed by atoms with Gasteiger partial charge in [-0.05, 0) is 48.6 Å². The average Bonchev–Trinajstić information content (AvgIpc) is 3.19. The summed E-state index contributed by atoms with van der Waals surface area (Å²) in [6.07, 6.45) is 3.68. The number of nitro benzene ring substituents is 1. The van der Waals surface area contributed by atoms with E-state index in [9.17, 15) is 20.0 Å². The zero-order chi connectivity index (χ0) is 20.8. The van der Waals surface area contributed by atoms with E-state index < -0.39 is 10.9 Å². The van der Waals surface area contributed by atoms with Crippen LogP contribution in [0.2, 0.25) is 0 Å². The molecule has 0 radical (unpaired) electrons.